The monoisotopic (exact) mass is 220 g/mol. The van der Waals surface area contributed by atoms with Gasteiger partial charge in [0.2, 0.25) is 0 Å². The summed E-state index contributed by atoms with van der Waals surface area (Å²) in [5, 5.41) is 5.16. The lowest BCUT2D eigenvalue weighted by atomic mass is 9.91. The van der Waals surface area contributed by atoms with Crippen LogP contribution in [0.15, 0.2) is 0 Å². The molecule has 0 radical (unpaired) electrons. The van der Waals surface area contributed by atoms with Gasteiger partial charge in [0.15, 0.2) is 0 Å². The van der Waals surface area contributed by atoms with Crippen LogP contribution in [0.1, 0.15) is 25.7 Å². The van der Waals surface area contributed by atoms with Crippen molar-refractivity contribution in [3.8, 4) is 0 Å². The summed E-state index contributed by atoms with van der Waals surface area (Å²) in [4.78, 5) is 0. The van der Waals surface area contributed by atoms with Crippen LogP contribution in [0.5, 0.6) is 0 Å². The summed E-state index contributed by atoms with van der Waals surface area (Å²) in [6.07, 6.45) is 4.09. The summed E-state index contributed by atoms with van der Waals surface area (Å²) in [7, 11) is -3.54. The molecule has 1 heterocycles. The number of hydrogen-bond acceptors (Lipinski definition) is 3. The molecule has 0 spiro atoms. The number of morpholine rings is 1. The molecule has 2 unspecified atom stereocenters. The maximum absolute atomic E-state index is 11.3. The average Bonchev–Trinajstić information content (AvgIpc) is 2.15. The molecule has 0 amide bonds. The van der Waals surface area contributed by atoms with Crippen molar-refractivity contribution in [1.29, 1.82) is 0 Å². The van der Waals surface area contributed by atoms with Gasteiger partial charge in [-0.05, 0) is 12.8 Å². The Kier molecular flexibility index (Phi) is 2.79. The molecule has 1 saturated heterocycles. The van der Waals surface area contributed by atoms with E-state index in [9.17, 15) is 8.42 Å². The van der Waals surface area contributed by atoms with E-state index in [2.05, 4.69) is 0 Å². The topological polar surface area (TPSA) is 72.6 Å². The van der Waals surface area contributed by atoms with Crippen LogP contribution in [0.3, 0.4) is 0 Å². The van der Waals surface area contributed by atoms with Gasteiger partial charge in [-0.15, -0.1) is 0 Å². The molecule has 1 aliphatic carbocycles. The lowest BCUT2D eigenvalue weighted by Crippen LogP contribution is -2.56. The maximum atomic E-state index is 11.3. The van der Waals surface area contributed by atoms with Gasteiger partial charge in [0.1, 0.15) is 0 Å². The van der Waals surface area contributed by atoms with E-state index in [1.807, 2.05) is 0 Å². The predicted molar refractivity (Wildman–Crippen MR) is 51.8 cm³/mol. The number of nitrogens with two attached hydrogens (primary N) is 1. The second-order valence-corrected chi connectivity index (χ2v) is 5.42. The zero-order valence-electron chi connectivity index (χ0n) is 8.05. The highest BCUT2D eigenvalue weighted by molar-refractivity contribution is 7.86. The van der Waals surface area contributed by atoms with Crippen LogP contribution in [0, 0.1) is 0 Å². The van der Waals surface area contributed by atoms with E-state index in [-0.39, 0.29) is 12.1 Å². The van der Waals surface area contributed by atoms with Crippen molar-refractivity contribution in [2.75, 3.05) is 13.2 Å². The summed E-state index contributed by atoms with van der Waals surface area (Å²) >= 11 is 0. The van der Waals surface area contributed by atoms with Crippen molar-refractivity contribution in [3.05, 3.63) is 0 Å². The van der Waals surface area contributed by atoms with Gasteiger partial charge in [0.05, 0.1) is 18.8 Å². The van der Waals surface area contributed by atoms with Crippen LogP contribution in [-0.2, 0) is 14.9 Å². The Bertz CT molecular complexity index is 302. The lowest BCUT2D eigenvalue weighted by molar-refractivity contribution is -0.0586. The standard InChI is InChI=1S/C8H16N2O3S/c9-14(11,12)10-5-6-13-8-4-2-1-3-7(8)10/h7-8H,1-6H2,(H2,9,11,12). The van der Waals surface area contributed by atoms with Gasteiger partial charge in [-0.3, -0.25) is 0 Å². The molecule has 2 aliphatic rings. The predicted octanol–water partition coefficient (Wildman–Crippen LogP) is -0.167. The Morgan fingerprint density at radius 2 is 2.00 bits per heavy atom. The van der Waals surface area contributed by atoms with Crippen LogP contribution in [0.25, 0.3) is 0 Å². The van der Waals surface area contributed by atoms with Gasteiger partial charge in [0, 0.05) is 6.54 Å². The third kappa shape index (κ3) is 1.93. The van der Waals surface area contributed by atoms with Crippen LogP contribution < -0.4 is 5.14 Å². The van der Waals surface area contributed by atoms with E-state index in [0.717, 1.165) is 25.7 Å². The fraction of sp³-hybridized carbons (Fsp3) is 1.00. The molecule has 2 rings (SSSR count). The van der Waals surface area contributed by atoms with Gasteiger partial charge in [-0.1, -0.05) is 12.8 Å². The smallest absolute Gasteiger partial charge is 0.277 e. The summed E-state index contributed by atoms with van der Waals surface area (Å²) in [5.74, 6) is 0. The van der Waals surface area contributed by atoms with Crippen molar-refractivity contribution in [1.82, 2.24) is 4.31 Å². The molecule has 82 valence electrons. The molecular formula is C8H16N2O3S. The first kappa shape index (κ1) is 10.4. The molecule has 1 aliphatic heterocycles. The van der Waals surface area contributed by atoms with Gasteiger partial charge in [0.25, 0.3) is 10.2 Å². The molecule has 1 saturated carbocycles. The Balaban J connectivity index is 2.17. The number of ether oxygens (including phenoxy) is 1. The average molecular weight is 220 g/mol. The van der Waals surface area contributed by atoms with Gasteiger partial charge in [-0.25, -0.2) is 5.14 Å². The zero-order valence-corrected chi connectivity index (χ0v) is 8.87. The van der Waals surface area contributed by atoms with Crippen molar-refractivity contribution >= 4 is 10.2 Å². The molecular weight excluding hydrogens is 204 g/mol. The minimum Gasteiger partial charge on any atom is -0.375 e. The lowest BCUT2D eigenvalue weighted by Gasteiger charge is -2.41. The Morgan fingerprint density at radius 1 is 1.29 bits per heavy atom. The van der Waals surface area contributed by atoms with E-state index in [1.165, 1.54) is 4.31 Å². The number of nitrogens with zero attached hydrogens (tertiary/aromatic N) is 1. The molecule has 2 fully saturated rings. The first-order chi connectivity index (χ1) is 6.59. The largest absolute Gasteiger partial charge is 0.375 e. The minimum absolute atomic E-state index is 0.0208. The maximum Gasteiger partial charge on any atom is 0.277 e. The quantitative estimate of drug-likeness (QED) is 0.667. The van der Waals surface area contributed by atoms with Crippen LogP contribution >= 0.6 is 0 Å². The van der Waals surface area contributed by atoms with E-state index in [0.29, 0.717) is 13.2 Å². The van der Waals surface area contributed by atoms with Gasteiger partial charge >= 0.3 is 0 Å². The molecule has 0 aromatic heterocycles. The van der Waals surface area contributed by atoms with Crippen molar-refractivity contribution in [2.24, 2.45) is 5.14 Å². The second kappa shape index (κ2) is 3.77. The SMILES string of the molecule is NS(=O)(=O)N1CCOC2CCCCC21. The summed E-state index contributed by atoms with van der Waals surface area (Å²) in [6, 6.07) is -0.0208. The van der Waals surface area contributed by atoms with E-state index < -0.39 is 10.2 Å². The second-order valence-electron chi connectivity index (χ2n) is 3.92. The summed E-state index contributed by atoms with van der Waals surface area (Å²) in [5.41, 5.74) is 0. The Morgan fingerprint density at radius 3 is 2.71 bits per heavy atom. The summed E-state index contributed by atoms with van der Waals surface area (Å²) < 4.78 is 29.5. The highest BCUT2D eigenvalue weighted by Gasteiger charge is 2.38. The van der Waals surface area contributed by atoms with Crippen LogP contribution in [0.4, 0.5) is 0 Å². The van der Waals surface area contributed by atoms with Crippen molar-refractivity contribution < 1.29 is 13.2 Å². The number of fused-ring (bicyclic) bond motifs is 1. The van der Waals surface area contributed by atoms with Crippen LogP contribution in [0.2, 0.25) is 0 Å². The van der Waals surface area contributed by atoms with Gasteiger partial charge in [-0.2, -0.15) is 12.7 Å². The molecule has 0 aromatic rings. The molecule has 2 N–H and O–H groups in total. The zero-order chi connectivity index (χ0) is 10.2. The fourth-order valence-electron chi connectivity index (χ4n) is 2.38. The fourth-order valence-corrected chi connectivity index (χ4v) is 3.32. The molecule has 0 bridgehead atoms. The van der Waals surface area contributed by atoms with Crippen molar-refractivity contribution in [3.63, 3.8) is 0 Å². The molecule has 2 atom stereocenters. The molecule has 0 aromatic carbocycles. The van der Waals surface area contributed by atoms with E-state index in [1.54, 1.807) is 0 Å². The highest BCUT2D eigenvalue weighted by Crippen LogP contribution is 2.29. The number of rotatable bonds is 1. The van der Waals surface area contributed by atoms with Crippen LogP contribution in [-0.4, -0.2) is 38.0 Å². The number of hydrogen-bond donors (Lipinski definition) is 1. The van der Waals surface area contributed by atoms with Gasteiger partial charge < -0.3 is 4.74 Å². The third-order valence-electron chi connectivity index (χ3n) is 3.01. The first-order valence-corrected chi connectivity index (χ1v) is 6.50. The van der Waals surface area contributed by atoms with Crippen molar-refractivity contribution in [2.45, 2.75) is 37.8 Å². The van der Waals surface area contributed by atoms with E-state index in [4.69, 9.17) is 9.88 Å². The normalized spacial score (nSPS) is 35.2. The highest BCUT2D eigenvalue weighted by atomic mass is 32.2. The van der Waals surface area contributed by atoms with E-state index >= 15 is 0 Å². The Labute approximate surface area is 84.4 Å². The minimum atomic E-state index is -3.54. The molecule has 14 heavy (non-hydrogen) atoms. The third-order valence-corrected chi connectivity index (χ3v) is 4.12. The first-order valence-electron chi connectivity index (χ1n) is 5.00. The molecule has 6 heteroatoms. The summed E-state index contributed by atoms with van der Waals surface area (Å²) in [6.45, 7) is 0.873. The Hall–Kier alpha value is -0.170. The molecule has 5 nitrogen and oxygen atoms in total.